The Labute approximate surface area is 115 Å². The van der Waals surface area contributed by atoms with E-state index in [1.54, 1.807) is 11.9 Å². The maximum absolute atomic E-state index is 11.8. The van der Waals surface area contributed by atoms with Crippen LogP contribution < -0.4 is 4.74 Å². The molecule has 0 radical (unpaired) electrons. The molecule has 4 nitrogen and oxygen atoms in total. The van der Waals surface area contributed by atoms with Gasteiger partial charge in [-0.25, -0.2) is 0 Å². The van der Waals surface area contributed by atoms with Crippen LogP contribution in [0.4, 0.5) is 0 Å². The van der Waals surface area contributed by atoms with Crippen LogP contribution >= 0.6 is 0 Å². The molecule has 1 amide bonds. The van der Waals surface area contributed by atoms with Crippen molar-refractivity contribution in [3.63, 3.8) is 0 Å². The summed E-state index contributed by atoms with van der Waals surface area (Å²) in [6.07, 6.45) is 1.11. The third-order valence-corrected chi connectivity index (χ3v) is 3.20. The number of hydrogen-bond donors (Lipinski definition) is 1. The van der Waals surface area contributed by atoms with Gasteiger partial charge in [0.25, 0.3) is 0 Å². The van der Waals surface area contributed by atoms with Gasteiger partial charge in [-0.1, -0.05) is 18.2 Å². The van der Waals surface area contributed by atoms with Gasteiger partial charge in [0.1, 0.15) is 5.75 Å². The number of likely N-dealkylation sites (N-methyl/N-ethyl adjacent to an activating group) is 1. The fourth-order valence-electron chi connectivity index (χ4n) is 1.67. The summed E-state index contributed by atoms with van der Waals surface area (Å²) in [5, 5.41) is 8.99. The first-order valence-corrected chi connectivity index (χ1v) is 6.61. The molecule has 1 N–H and O–H groups in total. The predicted octanol–water partition coefficient (Wildman–Crippen LogP) is 1.99. The maximum Gasteiger partial charge on any atom is 0.222 e. The van der Waals surface area contributed by atoms with Crippen molar-refractivity contribution in [3.05, 3.63) is 29.8 Å². The second-order valence-corrected chi connectivity index (χ2v) is 4.75. The van der Waals surface area contributed by atoms with E-state index in [0.29, 0.717) is 19.4 Å². The van der Waals surface area contributed by atoms with Crippen molar-refractivity contribution in [3.8, 4) is 5.75 Å². The number of para-hydroxylation sites is 1. The zero-order chi connectivity index (χ0) is 14.3. The summed E-state index contributed by atoms with van der Waals surface area (Å²) in [6, 6.07) is 7.69. The highest BCUT2D eigenvalue weighted by Gasteiger charge is 2.14. The van der Waals surface area contributed by atoms with Crippen molar-refractivity contribution in [2.75, 3.05) is 20.3 Å². The first-order valence-electron chi connectivity index (χ1n) is 6.61. The van der Waals surface area contributed by atoms with E-state index in [4.69, 9.17) is 9.84 Å². The highest BCUT2D eigenvalue weighted by Crippen LogP contribution is 2.16. The number of hydrogen-bond acceptors (Lipinski definition) is 3. The van der Waals surface area contributed by atoms with E-state index in [1.165, 1.54) is 0 Å². The molecule has 0 heterocycles. The first kappa shape index (κ1) is 15.5. The molecule has 0 aromatic heterocycles. The summed E-state index contributed by atoms with van der Waals surface area (Å²) in [4.78, 5) is 13.4. The number of ether oxygens (including phenoxy) is 1. The minimum absolute atomic E-state index is 0.0120. The van der Waals surface area contributed by atoms with Crippen LogP contribution in [0, 0.1) is 6.92 Å². The minimum atomic E-state index is -0.134. The lowest BCUT2D eigenvalue weighted by molar-refractivity contribution is -0.132. The second-order valence-electron chi connectivity index (χ2n) is 4.75. The fourth-order valence-corrected chi connectivity index (χ4v) is 1.67. The van der Waals surface area contributed by atoms with Crippen LogP contribution in [-0.2, 0) is 4.79 Å². The smallest absolute Gasteiger partial charge is 0.222 e. The number of rotatable bonds is 7. The molecule has 0 bridgehead atoms. The standard InChI is InChI=1S/C15H23NO3/c1-12-7-4-5-8-14(12)19-10-6-9-15(18)16(3)13(2)11-17/h4-5,7-8,13,17H,6,9-11H2,1-3H3. The largest absolute Gasteiger partial charge is 0.493 e. The number of aliphatic hydroxyl groups excluding tert-OH is 1. The second kappa shape index (κ2) is 7.79. The summed E-state index contributed by atoms with van der Waals surface area (Å²) in [6.45, 7) is 4.33. The first-order chi connectivity index (χ1) is 9.06. The van der Waals surface area contributed by atoms with Crippen molar-refractivity contribution in [2.24, 2.45) is 0 Å². The van der Waals surface area contributed by atoms with Gasteiger partial charge in [0.05, 0.1) is 19.3 Å². The average Bonchev–Trinajstić information content (AvgIpc) is 2.43. The molecule has 1 rings (SSSR count). The van der Waals surface area contributed by atoms with Crippen molar-refractivity contribution in [1.82, 2.24) is 4.90 Å². The molecular weight excluding hydrogens is 242 g/mol. The SMILES string of the molecule is Cc1ccccc1OCCCC(=O)N(C)C(C)CO. The lowest BCUT2D eigenvalue weighted by Crippen LogP contribution is -2.37. The normalized spacial score (nSPS) is 12.0. The number of carbonyl (C=O) groups excluding carboxylic acids is 1. The van der Waals surface area contributed by atoms with Crippen molar-refractivity contribution in [1.29, 1.82) is 0 Å². The zero-order valence-corrected chi connectivity index (χ0v) is 11.9. The third-order valence-electron chi connectivity index (χ3n) is 3.20. The molecule has 0 aliphatic rings. The number of aryl methyl sites for hydroxylation is 1. The molecule has 4 heteroatoms. The Bertz CT molecular complexity index is 406. The van der Waals surface area contributed by atoms with E-state index in [0.717, 1.165) is 11.3 Å². The lowest BCUT2D eigenvalue weighted by Gasteiger charge is -2.23. The summed E-state index contributed by atoms with van der Waals surface area (Å²) < 4.78 is 5.63. The van der Waals surface area contributed by atoms with Gasteiger partial charge < -0.3 is 14.7 Å². The van der Waals surface area contributed by atoms with Crippen LogP contribution in [-0.4, -0.2) is 42.2 Å². The van der Waals surface area contributed by atoms with Crippen LogP contribution in [0.5, 0.6) is 5.75 Å². The highest BCUT2D eigenvalue weighted by atomic mass is 16.5. The van der Waals surface area contributed by atoms with Crippen molar-refractivity contribution < 1.29 is 14.6 Å². The van der Waals surface area contributed by atoms with E-state index in [1.807, 2.05) is 38.1 Å². The Morgan fingerprint density at radius 1 is 1.42 bits per heavy atom. The van der Waals surface area contributed by atoms with E-state index >= 15 is 0 Å². The number of amides is 1. The lowest BCUT2D eigenvalue weighted by atomic mass is 10.2. The zero-order valence-electron chi connectivity index (χ0n) is 11.9. The predicted molar refractivity (Wildman–Crippen MR) is 75.2 cm³/mol. The van der Waals surface area contributed by atoms with Gasteiger partial charge in [-0.3, -0.25) is 4.79 Å². The Balaban J connectivity index is 2.28. The van der Waals surface area contributed by atoms with Crippen LogP contribution in [0.15, 0.2) is 24.3 Å². The van der Waals surface area contributed by atoms with Gasteiger partial charge in [0, 0.05) is 13.5 Å². The molecule has 0 spiro atoms. The summed E-state index contributed by atoms with van der Waals surface area (Å²) >= 11 is 0. The van der Waals surface area contributed by atoms with Crippen LogP contribution in [0.1, 0.15) is 25.3 Å². The molecule has 106 valence electrons. The van der Waals surface area contributed by atoms with E-state index < -0.39 is 0 Å². The van der Waals surface area contributed by atoms with Crippen LogP contribution in [0.25, 0.3) is 0 Å². The third kappa shape index (κ3) is 4.91. The topological polar surface area (TPSA) is 49.8 Å². The van der Waals surface area contributed by atoms with Gasteiger partial charge in [0.15, 0.2) is 0 Å². The number of nitrogens with zero attached hydrogens (tertiary/aromatic N) is 1. The molecule has 1 aromatic rings. The van der Waals surface area contributed by atoms with Gasteiger partial charge >= 0.3 is 0 Å². The van der Waals surface area contributed by atoms with E-state index in [2.05, 4.69) is 0 Å². The molecule has 0 saturated carbocycles. The molecular formula is C15H23NO3. The molecule has 0 saturated heterocycles. The van der Waals surface area contributed by atoms with Crippen molar-refractivity contribution in [2.45, 2.75) is 32.7 Å². The Morgan fingerprint density at radius 3 is 2.74 bits per heavy atom. The van der Waals surface area contributed by atoms with E-state index in [-0.39, 0.29) is 18.6 Å². The molecule has 1 atom stereocenters. The van der Waals surface area contributed by atoms with Crippen molar-refractivity contribution >= 4 is 5.91 Å². The van der Waals surface area contributed by atoms with Gasteiger partial charge in [0.2, 0.25) is 5.91 Å². The van der Waals surface area contributed by atoms with Gasteiger partial charge in [-0.2, -0.15) is 0 Å². The van der Waals surface area contributed by atoms with Crippen LogP contribution in [0.2, 0.25) is 0 Å². The molecule has 1 unspecified atom stereocenters. The maximum atomic E-state index is 11.8. The Morgan fingerprint density at radius 2 is 2.11 bits per heavy atom. The van der Waals surface area contributed by atoms with E-state index in [9.17, 15) is 4.79 Å². The number of aliphatic hydroxyl groups is 1. The Hall–Kier alpha value is -1.55. The fraction of sp³-hybridized carbons (Fsp3) is 0.533. The Kier molecular flexibility index (Phi) is 6.36. The average molecular weight is 265 g/mol. The number of benzene rings is 1. The molecule has 0 fully saturated rings. The molecule has 0 aliphatic heterocycles. The van der Waals surface area contributed by atoms with Gasteiger partial charge in [-0.15, -0.1) is 0 Å². The highest BCUT2D eigenvalue weighted by molar-refractivity contribution is 5.76. The summed E-state index contributed by atoms with van der Waals surface area (Å²) in [7, 11) is 1.71. The molecule has 1 aromatic carbocycles. The summed E-state index contributed by atoms with van der Waals surface area (Å²) in [5.41, 5.74) is 1.10. The quantitative estimate of drug-likeness (QED) is 0.767. The summed E-state index contributed by atoms with van der Waals surface area (Å²) in [5.74, 6) is 0.905. The van der Waals surface area contributed by atoms with Gasteiger partial charge in [-0.05, 0) is 31.9 Å². The molecule has 19 heavy (non-hydrogen) atoms. The minimum Gasteiger partial charge on any atom is -0.493 e. The number of carbonyl (C=O) groups is 1. The molecule has 0 aliphatic carbocycles. The van der Waals surface area contributed by atoms with Crippen LogP contribution in [0.3, 0.4) is 0 Å². The monoisotopic (exact) mass is 265 g/mol.